The number of nitrogens with zero attached hydrogens (tertiary/aromatic N) is 1. The number of hydrogen-bond acceptors (Lipinski definition) is 4. The van der Waals surface area contributed by atoms with E-state index >= 15 is 0 Å². The normalized spacial score (nSPS) is 13.3. The monoisotopic (exact) mass is 287 g/mol. The maximum absolute atomic E-state index is 10.4. The van der Waals surface area contributed by atoms with E-state index < -0.39 is 5.60 Å². The van der Waals surface area contributed by atoms with Crippen LogP contribution < -0.4 is 11.1 Å². The fraction of sp³-hybridized carbons (Fsp3) is 0.471. The number of fused-ring (bicyclic) bond motifs is 1. The van der Waals surface area contributed by atoms with Crippen LogP contribution >= 0.6 is 0 Å². The van der Waals surface area contributed by atoms with Crippen molar-refractivity contribution in [1.82, 2.24) is 4.98 Å². The van der Waals surface area contributed by atoms with Crippen molar-refractivity contribution in [2.24, 2.45) is 0 Å². The Morgan fingerprint density at radius 1 is 1.33 bits per heavy atom. The third-order valence-corrected chi connectivity index (χ3v) is 3.82. The molecule has 1 atom stereocenters. The number of hydrogen-bond donors (Lipinski definition) is 3. The fourth-order valence-corrected chi connectivity index (χ4v) is 2.50. The van der Waals surface area contributed by atoms with Crippen molar-refractivity contribution in [3.63, 3.8) is 0 Å². The van der Waals surface area contributed by atoms with Gasteiger partial charge in [-0.3, -0.25) is 4.98 Å². The van der Waals surface area contributed by atoms with Gasteiger partial charge in [0.15, 0.2) is 0 Å². The molecule has 4 heteroatoms. The van der Waals surface area contributed by atoms with Crippen molar-refractivity contribution in [2.45, 2.75) is 51.7 Å². The van der Waals surface area contributed by atoms with Crippen LogP contribution in [0.1, 0.15) is 40.0 Å². The van der Waals surface area contributed by atoms with Crippen molar-refractivity contribution in [1.29, 1.82) is 0 Å². The van der Waals surface area contributed by atoms with E-state index in [1.54, 1.807) is 6.20 Å². The van der Waals surface area contributed by atoms with E-state index in [4.69, 9.17) is 5.73 Å². The highest BCUT2D eigenvalue weighted by Crippen LogP contribution is 2.30. The summed E-state index contributed by atoms with van der Waals surface area (Å²) in [5.41, 5.74) is 7.66. The lowest BCUT2D eigenvalue weighted by molar-refractivity contribution is 0.0557. The van der Waals surface area contributed by atoms with E-state index in [1.165, 1.54) is 0 Å². The highest BCUT2D eigenvalue weighted by atomic mass is 16.3. The first-order chi connectivity index (χ1) is 9.93. The van der Waals surface area contributed by atoms with Crippen LogP contribution in [-0.4, -0.2) is 21.7 Å². The number of pyridine rings is 1. The van der Waals surface area contributed by atoms with Crippen molar-refractivity contribution in [2.75, 3.05) is 11.1 Å². The molecule has 4 N–H and O–H groups in total. The molecule has 0 amide bonds. The summed E-state index contributed by atoms with van der Waals surface area (Å²) in [5.74, 6) is 0. The number of nitrogens with two attached hydrogens (primary N) is 1. The maximum Gasteiger partial charge on any atom is 0.0791 e. The highest BCUT2D eigenvalue weighted by molar-refractivity contribution is 5.97. The van der Waals surface area contributed by atoms with Gasteiger partial charge in [-0.2, -0.15) is 0 Å². The van der Waals surface area contributed by atoms with Gasteiger partial charge in [0.2, 0.25) is 0 Å². The molecule has 0 unspecified atom stereocenters. The van der Waals surface area contributed by atoms with Gasteiger partial charge < -0.3 is 16.2 Å². The first kappa shape index (κ1) is 15.6. The predicted molar refractivity (Wildman–Crippen MR) is 89.4 cm³/mol. The molecule has 1 aromatic heterocycles. The van der Waals surface area contributed by atoms with Gasteiger partial charge in [-0.15, -0.1) is 0 Å². The number of nitrogens with one attached hydrogen (secondary N) is 1. The molecule has 1 aromatic carbocycles. The minimum absolute atomic E-state index is 0.0504. The van der Waals surface area contributed by atoms with Crippen LogP contribution in [-0.2, 0) is 0 Å². The molecule has 0 saturated heterocycles. The first-order valence-electron chi connectivity index (χ1n) is 7.55. The SMILES string of the molecule is CCCC[C@@H](Nc1c(N)cnc2ccccc12)C(C)(C)O. The Morgan fingerprint density at radius 2 is 2.05 bits per heavy atom. The highest BCUT2D eigenvalue weighted by Gasteiger charge is 2.27. The quantitative estimate of drug-likeness (QED) is 0.759. The number of aliphatic hydroxyl groups is 1. The smallest absolute Gasteiger partial charge is 0.0791 e. The van der Waals surface area contributed by atoms with Crippen LogP contribution in [0.2, 0.25) is 0 Å². The first-order valence-corrected chi connectivity index (χ1v) is 7.55. The second-order valence-electron chi connectivity index (χ2n) is 6.10. The molecule has 0 fully saturated rings. The number of aromatic nitrogens is 1. The molecule has 0 aliphatic heterocycles. The van der Waals surface area contributed by atoms with Crippen molar-refractivity contribution >= 4 is 22.3 Å². The van der Waals surface area contributed by atoms with Crippen LogP contribution in [0.25, 0.3) is 10.9 Å². The molecular formula is C17H25N3O. The molecular weight excluding hydrogens is 262 g/mol. The van der Waals surface area contributed by atoms with Crippen LogP contribution in [0.4, 0.5) is 11.4 Å². The molecule has 21 heavy (non-hydrogen) atoms. The minimum atomic E-state index is -0.814. The molecule has 0 bridgehead atoms. The number of rotatable bonds is 6. The lowest BCUT2D eigenvalue weighted by Crippen LogP contribution is -2.42. The lowest BCUT2D eigenvalue weighted by atomic mass is 9.93. The Balaban J connectivity index is 2.38. The number of benzene rings is 1. The molecule has 0 radical (unpaired) electrons. The predicted octanol–water partition coefficient (Wildman–Crippen LogP) is 3.56. The topological polar surface area (TPSA) is 71.2 Å². The molecule has 2 rings (SSSR count). The summed E-state index contributed by atoms with van der Waals surface area (Å²) in [7, 11) is 0. The Labute approximate surface area is 126 Å². The Kier molecular flexibility index (Phi) is 4.68. The Bertz CT molecular complexity index is 604. The third-order valence-electron chi connectivity index (χ3n) is 3.82. The van der Waals surface area contributed by atoms with Gasteiger partial charge in [-0.1, -0.05) is 38.0 Å². The van der Waals surface area contributed by atoms with Gasteiger partial charge >= 0.3 is 0 Å². The van der Waals surface area contributed by atoms with Gasteiger partial charge in [0, 0.05) is 5.39 Å². The van der Waals surface area contributed by atoms with E-state index in [9.17, 15) is 5.11 Å². The van der Waals surface area contributed by atoms with E-state index in [-0.39, 0.29) is 6.04 Å². The zero-order valence-corrected chi connectivity index (χ0v) is 13.1. The van der Waals surface area contributed by atoms with Crippen LogP contribution in [0.3, 0.4) is 0 Å². The van der Waals surface area contributed by atoms with Gasteiger partial charge in [0.25, 0.3) is 0 Å². The second-order valence-corrected chi connectivity index (χ2v) is 6.10. The van der Waals surface area contributed by atoms with E-state index in [2.05, 4.69) is 17.2 Å². The molecule has 0 saturated carbocycles. The molecule has 0 aliphatic carbocycles. The second kappa shape index (κ2) is 6.31. The van der Waals surface area contributed by atoms with Crippen LogP contribution in [0.15, 0.2) is 30.5 Å². The summed E-state index contributed by atoms with van der Waals surface area (Å²) in [6.07, 6.45) is 4.73. The maximum atomic E-state index is 10.4. The molecule has 0 aliphatic rings. The zero-order valence-electron chi connectivity index (χ0n) is 13.1. The third kappa shape index (κ3) is 3.64. The largest absolute Gasteiger partial charge is 0.396 e. The molecule has 114 valence electrons. The summed E-state index contributed by atoms with van der Waals surface area (Å²) >= 11 is 0. The number of anilines is 2. The summed E-state index contributed by atoms with van der Waals surface area (Å²) in [6, 6.07) is 7.85. The molecule has 4 nitrogen and oxygen atoms in total. The Hall–Kier alpha value is -1.81. The molecule has 0 spiro atoms. The summed E-state index contributed by atoms with van der Waals surface area (Å²) in [5, 5.41) is 14.8. The van der Waals surface area contributed by atoms with Crippen molar-refractivity contribution < 1.29 is 5.11 Å². The van der Waals surface area contributed by atoms with Crippen LogP contribution in [0.5, 0.6) is 0 Å². The minimum Gasteiger partial charge on any atom is -0.396 e. The standard InChI is InChI=1S/C17H25N3O/c1-4-5-10-15(17(2,3)21)20-16-12-8-6-7-9-14(12)19-11-13(16)18/h6-9,11,15,21H,4-5,10,18H2,1-3H3,(H,19,20)/t15-/m1/s1. The van der Waals surface area contributed by atoms with Gasteiger partial charge in [0.05, 0.1) is 34.7 Å². The van der Waals surface area contributed by atoms with Gasteiger partial charge in [-0.25, -0.2) is 0 Å². The lowest BCUT2D eigenvalue weighted by Gasteiger charge is -2.32. The number of unbranched alkanes of at least 4 members (excludes halogenated alkanes) is 1. The van der Waals surface area contributed by atoms with E-state index in [1.807, 2.05) is 38.1 Å². The Morgan fingerprint density at radius 3 is 2.71 bits per heavy atom. The van der Waals surface area contributed by atoms with Crippen molar-refractivity contribution in [3.8, 4) is 0 Å². The van der Waals surface area contributed by atoms with E-state index in [0.717, 1.165) is 35.9 Å². The summed E-state index contributed by atoms with van der Waals surface area (Å²) in [6.45, 7) is 5.82. The molecule has 2 aromatic rings. The molecule has 1 heterocycles. The number of nitrogen functional groups attached to an aromatic ring is 1. The van der Waals surface area contributed by atoms with Gasteiger partial charge in [0.1, 0.15) is 0 Å². The van der Waals surface area contributed by atoms with E-state index in [0.29, 0.717) is 5.69 Å². The average Bonchev–Trinajstić information content (AvgIpc) is 2.44. The van der Waals surface area contributed by atoms with Gasteiger partial charge in [-0.05, 0) is 26.3 Å². The van der Waals surface area contributed by atoms with Crippen LogP contribution in [0, 0.1) is 0 Å². The number of para-hydroxylation sites is 1. The average molecular weight is 287 g/mol. The van der Waals surface area contributed by atoms with Crippen molar-refractivity contribution in [3.05, 3.63) is 30.5 Å². The zero-order chi connectivity index (χ0) is 15.5. The summed E-state index contributed by atoms with van der Waals surface area (Å²) < 4.78 is 0. The fourth-order valence-electron chi connectivity index (χ4n) is 2.50. The summed E-state index contributed by atoms with van der Waals surface area (Å²) in [4.78, 5) is 4.35.